The molecule has 2 nitrogen and oxygen atoms in total. The van der Waals surface area contributed by atoms with Crippen molar-refractivity contribution in [2.24, 2.45) is 0 Å². The van der Waals surface area contributed by atoms with Crippen LogP contribution in [0, 0.1) is 25.5 Å². The van der Waals surface area contributed by atoms with Crippen molar-refractivity contribution in [3.8, 4) is 0 Å². The molecule has 0 unspecified atom stereocenters. The molecule has 0 saturated carbocycles. The highest BCUT2D eigenvalue weighted by atomic mass is 79.9. The molecule has 1 N–H and O–H groups in total. The summed E-state index contributed by atoms with van der Waals surface area (Å²) >= 11 is 3.27. The van der Waals surface area contributed by atoms with E-state index in [1.807, 2.05) is 0 Å². The molecule has 2 rings (SSSR count). The van der Waals surface area contributed by atoms with Crippen LogP contribution in [0.3, 0.4) is 0 Å². The Kier molecular flexibility index (Phi) is 4.18. The van der Waals surface area contributed by atoms with E-state index in [2.05, 4.69) is 21.2 Å². The topological polar surface area (TPSA) is 29.1 Å². The lowest BCUT2D eigenvalue weighted by molar-refractivity contribution is 0.102. The van der Waals surface area contributed by atoms with Crippen LogP contribution in [0.4, 0.5) is 14.5 Å². The molecule has 104 valence electrons. The first-order valence-electron chi connectivity index (χ1n) is 5.91. The van der Waals surface area contributed by atoms with Gasteiger partial charge in [-0.3, -0.25) is 4.79 Å². The Morgan fingerprint density at radius 1 is 1.05 bits per heavy atom. The predicted octanol–water partition coefficient (Wildman–Crippen LogP) is 4.60. The summed E-state index contributed by atoms with van der Waals surface area (Å²) in [5, 5.41) is 2.39. The van der Waals surface area contributed by atoms with E-state index in [4.69, 9.17) is 0 Å². The smallest absolute Gasteiger partial charge is 0.256 e. The lowest BCUT2D eigenvalue weighted by atomic mass is 10.1. The minimum absolute atomic E-state index is 0.169. The van der Waals surface area contributed by atoms with Crippen molar-refractivity contribution in [3.63, 3.8) is 0 Å². The Labute approximate surface area is 123 Å². The first-order chi connectivity index (χ1) is 9.38. The molecule has 0 spiro atoms. The summed E-state index contributed by atoms with van der Waals surface area (Å²) in [5.41, 5.74) is 1.18. The molecular weight excluding hydrogens is 328 g/mol. The lowest BCUT2D eigenvalue weighted by Crippen LogP contribution is -2.14. The summed E-state index contributed by atoms with van der Waals surface area (Å²) in [4.78, 5) is 12.1. The lowest BCUT2D eigenvalue weighted by Gasteiger charge is -2.10. The summed E-state index contributed by atoms with van der Waals surface area (Å²) in [6, 6.07) is 7.24. The highest BCUT2D eigenvalue weighted by molar-refractivity contribution is 9.10. The van der Waals surface area contributed by atoms with Crippen LogP contribution in [0.5, 0.6) is 0 Å². The minimum atomic E-state index is -0.662. The van der Waals surface area contributed by atoms with E-state index >= 15 is 0 Å². The average molecular weight is 340 g/mol. The molecule has 2 aromatic rings. The molecule has 0 saturated heterocycles. The van der Waals surface area contributed by atoms with Crippen LogP contribution in [0.2, 0.25) is 0 Å². The molecule has 0 radical (unpaired) electrons. The largest absolute Gasteiger partial charge is 0.319 e. The van der Waals surface area contributed by atoms with Crippen molar-refractivity contribution in [3.05, 3.63) is 63.1 Å². The fourth-order valence-electron chi connectivity index (χ4n) is 1.77. The Morgan fingerprint density at radius 3 is 2.45 bits per heavy atom. The molecule has 0 fully saturated rings. The maximum Gasteiger partial charge on any atom is 0.256 e. The van der Waals surface area contributed by atoms with Crippen LogP contribution >= 0.6 is 15.9 Å². The second kappa shape index (κ2) is 5.71. The molecule has 0 aliphatic rings. The van der Waals surface area contributed by atoms with E-state index in [0.29, 0.717) is 5.56 Å². The van der Waals surface area contributed by atoms with Gasteiger partial charge in [0.25, 0.3) is 5.91 Å². The highest BCUT2D eigenvalue weighted by Crippen LogP contribution is 2.21. The van der Waals surface area contributed by atoms with Crippen LogP contribution in [0.25, 0.3) is 0 Å². The number of benzene rings is 2. The SMILES string of the molecule is Cc1cc(F)c(NC(=O)c2cc(Br)ccc2C)cc1F. The summed E-state index contributed by atoms with van der Waals surface area (Å²) in [6.45, 7) is 3.23. The second-order valence-electron chi connectivity index (χ2n) is 4.49. The number of halogens is 3. The number of anilines is 1. The van der Waals surface area contributed by atoms with Crippen molar-refractivity contribution < 1.29 is 13.6 Å². The van der Waals surface area contributed by atoms with Gasteiger partial charge in [0.05, 0.1) is 5.69 Å². The summed E-state index contributed by atoms with van der Waals surface area (Å²) in [7, 11) is 0. The van der Waals surface area contributed by atoms with Gasteiger partial charge in [-0.2, -0.15) is 0 Å². The zero-order chi connectivity index (χ0) is 14.9. The number of carbonyl (C=O) groups excluding carboxylic acids is 1. The molecule has 2 aromatic carbocycles. The van der Waals surface area contributed by atoms with Gasteiger partial charge in [-0.25, -0.2) is 8.78 Å². The van der Waals surface area contributed by atoms with E-state index in [9.17, 15) is 13.6 Å². The number of nitrogens with one attached hydrogen (secondary N) is 1. The van der Waals surface area contributed by atoms with E-state index < -0.39 is 17.5 Å². The van der Waals surface area contributed by atoms with E-state index in [1.165, 1.54) is 6.92 Å². The number of aryl methyl sites for hydroxylation is 2. The summed E-state index contributed by atoms with van der Waals surface area (Å²) in [6.07, 6.45) is 0. The van der Waals surface area contributed by atoms with Crippen molar-refractivity contribution in [1.29, 1.82) is 0 Å². The Morgan fingerprint density at radius 2 is 1.75 bits per heavy atom. The number of hydrogen-bond donors (Lipinski definition) is 1. The molecule has 0 atom stereocenters. The van der Waals surface area contributed by atoms with E-state index in [1.54, 1.807) is 25.1 Å². The van der Waals surface area contributed by atoms with Crippen LogP contribution in [-0.2, 0) is 0 Å². The van der Waals surface area contributed by atoms with Gasteiger partial charge in [-0.05, 0) is 43.2 Å². The normalized spacial score (nSPS) is 10.4. The fraction of sp³-hybridized carbons (Fsp3) is 0.133. The number of hydrogen-bond acceptors (Lipinski definition) is 1. The van der Waals surface area contributed by atoms with Crippen LogP contribution < -0.4 is 5.32 Å². The van der Waals surface area contributed by atoms with Crippen LogP contribution in [0.1, 0.15) is 21.5 Å². The Hall–Kier alpha value is -1.75. The first-order valence-corrected chi connectivity index (χ1v) is 6.71. The van der Waals surface area contributed by atoms with Crippen molar-refractivity contribution in [2.45, 2.75) is 13.8 Å². The molecule has 20 heavy (non-hydrogen) atoms. The number of amides is 1. The third-order valence-electron chi connectivity index (χ3n) is 2.94. The van der Waals surface area contributed by atoms with E-state index in [0.717, 1.165) is 22.2 Å². The summed E-state index contributed by atoms with van der Waals surface area (Å²) in [5.74, 6) is -1.71. The van der Waals surface area contributed by atoms with Gasteiger partial charge in [-0.15, -0.1) is 0 Å². The molecule has 0 aliphatic carbocycles. The predicted molar refractivity (Wildman–Crippen MR) is 77.9 cm³/mol. The number of rotatable bonds is 2. The van der Waals surface area contributed by atoms with Gasteiger partial charge in [0.1, 0.15) is 11.6 Å². The molecule has 0 aromatic heterocycles. The minimum Gasteiger partial charge on any atom is -0.319 e. The van der Waals surface area contributed by atoms with Crippen LogP contribution in [0.15, 0.2) is 34.8 Å². The third-order valence-corrected chi connectivity index (χ3v) is 3.43. The van der Waals surface area contributed by atoms with Gasteiger partial charge in [-0.1, -0.05) is 22.0 Å². The number of carbonyl (C=O) groups is 1. The quantitative estimate of drug-likeness (QED) is 0.851. The second-order valence-corrected chi connectivity index (χ2v) is 5.41. The molecule has 5 heteroatoms. The molecule has 0 heterocycles. The fourth-order valence-corrected chi connectivity index (χ4v) is 2.13. The highest BCUT2D eigenvalue weighted by Gasteiger charge is 2.14. The van der Waals surface area contributed by atoms with Gasteiger partial charge in [0.15, 0.2) is 0 Å². The Bertz CT molecular complexity index is 686. The Balaban J connectivity index is 2.32. The zero-order valence-electron chi connectivity index (χ0n) is 10.9. The monoisotopic (exact) mass is 339 g/mol. The maximum atomic E-state index is 13.7. The maximum absolute atomic E-state index is 13.7. The third kappa shape index (κ3) is 3.04. The van der Waals surface area contributed by atoms with Crippen LogP contribution in [-0.4, -0.2) is 5.91 Å². The first kappa shape index (κ1) is 14.7. The van der Waals surface area contributed by atoms with Gasteiger partial charge in [0, 0.05) is 16.1 Å². The standard InChI is InChI=1S/C15H12BrF2NO/c1-8-3-4-10(16)6-11(8)15(20)19-14-7-12(17)9(2)5-13(14)18/h3-7H,1-2H3,(H,19,20). The average Bonchev–Trinajstić information content (AvgIpc) is 2.38. The molecule has 1 amide bonds. The van der Waals surface area contributed by atoms with Crippen molar-refractivity contribution in [2.75, 3.05) is 5.32 Å². The van der Waals surface area contributed by atoms with Gasteiger partial charge < -0.3 is 5.32 Å². The van der Waals surface area contributed by atoms with E-state index in [-0.39, 0.29) is 11.3 Å². The van der Waals surface area contributed by atoms with Crippen molar-refractivity contribution >= 4 is 27.5 Å². The molecular formula is C15H12BrF2NO. The van der Waals surface area contributed by atoms with Gasteiger partial charge in [0.2, 0.25) is 0 Å². The van der Waals surface area contributed by atoms with Gasteiger partial charge >= 0.3 is 0 Å². The molecule has 0 bridgehead atoms. The summed E-state index contributed by atoms with van der Waals surface area (Å²) < 4.78 is 27.9. The molecule has 0 aliphatic heterocycles. The zero-order valence-corrected chi connectivity index (χ0v) is 12.5. The van der Waals surface area contributed by atoms with Crippen molar-refractivity contribution in [1.82, 2.24) is 0 Å².